The van der Waals surface area contributed by atoms with E-state index in [1.165, 1.54) is 12.1 Å². The maximum absolute atomic E-state index is 13.0. The normalized spacial score (nSPS) is 18.3. The molecule has 0 spiro atoms. The van der Waals surface area contributed by atoms with E-state index in [4.69, 9.17) is 5.73 Å². The summed E-state index contributed by atoms with van der Waals surface area (Å²) in [6.07, 6.45) is 0. The van der Waals surface area contributed by atoms with Crippen LogP contribution in [0.5, 0.6) is 0 Å². The molecule has 1 amide bonds. The molecule has 0 saturated heterocycles. The van der Waals surface area contributed by atoms with Crippen molar-refractivity contribution in [2.45, 2.75) is 17.5 Å². The molecule has 1 heterocycles. The van der Waals surface area contributed by atoms with E-state index in [1.807, 2.05) is 24.3 Å². The van der Waals surface area contributed by atoms with Gasteiger partial charge in [-0.15, -0.1) is 11.8 Å². The molecule has 3 nitrogen and oxygen atoms in total. The van der Waals surface area contributed by atoms with Gasteiger partial charge in [-0.2, -0.15) is 0 Å². The third-order valence-electron chi connectivity index (χ3n) is 3.41. The van der Waals surface area contributed by atoms with Crippen LogP contribution in [0.3, 0.4) is 0 Å². The number of carbonyl (C=O) groups is 1. The molecule has 2 aromatic rings. The molecule has 0 bridgehead atoms. The maximum Gasteiger partial charge on any atom is 0.245 e. The SMILES string of the molecule is NC1CSc2ccccc2N(Cc2ccc(F)cc2)C1=O. The van der Waals surface area contributed by atoms with Crippen molar-refractivity contribution in [3.63, 3.8) is 0 Å². The molecule has 1 unspecified atom stereocenters. The number of rotatable bonds is 2. The van der Waals surface area contributed by atoms with Gasteiger partial charge in [0.15, 0.2) is 0 Å². The summed E-state index contributed by atoms with van der Waals surface area (Å²) in [6, 6.07) is 13.4. The lowest BCUT2D eigenvalue weighted by molar-refractivity contribution is -0.119. The van der Waals surface area contributed by atoms with Gasteiger partial charge < -0.3 is 10.6 Å². The van der Waals surface area contributed by atoms with Crippen LogP contribution in [0.15, 0.2) is 53.4 Å². The zero-order valence-corrected chi connectivity index (χ0v) is 12.1. The number of thioether (sulfide) groups is 1. The van der Waals surface area contributed by atoms with E-state index < -0.39 is 6.04 Å². The van der Waals surface area contributed by atoms with Gasteiger partial charge in [0.2, 0.25) is 5.91 Å². The number of halogens is 1. The highest BCUT2D eigenvalue weighted by Gasteiger charge is 2.28. The van der Waals surface area contributed by atoms with E-state index in [0.29, 0.717) is 12.3 Å². The molecular weight excluding hydrogens is 287 g/mol. The van der Waals surface area contributed by atoms with Crippen molar-refractivity contribution >= 4 is 23.4 Å². The number of hydrogen-bond acceptors (Lipinski definition) is 3. The third-order valence-corrected chi connectivity index (χ3v) is 4.59. The lowest BCUT2D eigenvalue weighted by atomic mass is 10.1. The smallest absolute Gasteiger partial charge is 0.245 e. The fourth-order valence-corrected chi connectivity index (χ4v) is 3.31. The lowest BCUT2D eigenvalue weighted by Crippen LogP contribution is -2.43. The number of fused-ring (bicyclic) bond motifs is 1. The van der Waals surface area contributed by atoms with Crippen LogP contribution in [0.4, 0.5) is 10.1 Å². The molecule has 108 valence electrons. The molecule has 0 saturated carbocycles. The van der Waals surface area contributed by atoms with Gasteiger partial charge in [-0.1, -0.05) is 24.3 Å². The van der Waals surface area contributed by atoms with Gasteiger partial charge in [0, 0.05) is 10.6 Å². The molecule has 0 radical (unpaired) electrons. The predicted octanol–water partition coefficient (Wildman–Crippen LogP) is 2.79. The van der Waals surface area contributed by atoms with E-state index in [1.54, 1.807) is 28.8 Å². The topological polar surface area (TPSA) is 46.3 Å². The van der Waals surface area contributed by atoms with E-state index in [2.05, 4.69) is 0 Å². The molecule has 0 aliphatic carbocycles. The van der Waals surface area contributed by atoms with Gasteiger partial charge in [0.1, 0.15) is 5.82 Å². The molecular formula is C16H15FN2OS. The highest BCUT2D eigenvalue weighted by molar-refractivity contribution is 7.99. The summed E-state index contributed by atoms with van der Waals surface area (Å²) >= 11 is 1.59. The summed E-state index contributed by atoms with van der Waals surface area (Å²) in [5, 5.41) is 0. The second-order valence-corrected chi connectivity index (χ2v) is 6.00. The van der Waals surface area contributed by atoms with Crippen LogP contribution < -0.4 is 10.6 Å². The predicted molar refractivity (Wildman–Crippen MR) is 82.7 cm³/mol. The summed E-state index contributed by atoms with van der Waals surface area (Å²) in [7, 11) is 0. The number of carbonyl (C=O) groups excluding carboxylic acids is 1. The Hall–Kier alpha value is -1.85. The lowest BCUT2D eigenvalue weighted by Gasteiger charge is -2.24. The number of hydrogen-bond donors (Lipinski definition) is 1. The summed E-state index contributed by atoms with van der Waals surface area (Å²) in [6.45, 7) is 0.393. The van der Waals surface area contributed by atoms with Gasteiger partial charge in [-0.25, -0.2) is 4.39 Å². The first kappa shape index (κ1) is 14.1. The molecule has 0 fully saturated rings. The second-order valence-electron chi connectivity index (χ2n) is 4.94. The van der Waals surface area contributed by atoms with Crippen LogP contribution >= 0.6 is 11.8 Å². The van der Waals surface area contributed by atoms with E-state index in [9.17, 15) is 9.18 Å². The Labute approximate surface area is 126 Å². The molecule has 1 aliphatic heterocycles. The Morgan fingerprint density at radius 3 is 2.67 bits per heavy atom. The van der Waals surface area contributed by atoms with Crippen molar-refractivity contribution in [1.82, 2.24) is 0 Å². The minimum absolute atomic E-state index is 0.100. The Kier molecular flexibility index (Phi) is 3.94. The fourth-order valence-electron chi connectivity index (χ4n) is 2.31. The average Bonchev–Trinajstić information content (AvgIpc) is 2.62. The molecule has 1 aliphatic rings. The maximum atomic E-state index is 13.0. The Balaban J connectivity index is 1.97. The standard InChI is InChI=1S/C16H15FN2OS/c17-12-7-5-11(6-8-12)9-19-14-3-1-2-4-15(14)21-10-13(18)16(19)20/h1-8,13H,9-10,18H2. The van der Waals surface area contributed by atoms with Crippen LogP contribution in [0, 0.1) is 5.82 Å². The van der Waals surface area contributed by atoms with Crippen molar-refractivity contribution in [2.24, 2.45) is 5.73 Å². The van der Waals surface area contributed by atoms with Crippen LogP contribution in [-0.2, 0) is 11.3 Å². The quantitative estimate of drug-likeness (QED) is 0.928. The molecule has 21 heavy (non-hydrogen) atoms. The Bertz CT molecular complexity index is 660. The molecule has 3 rings (SSSR count). The van der Waals surface area contributed by atoms with E-state index in [-0.39, 0.29) is 11.7 Å². The van der Waals surface area contributed by atoms with Crippen LogP contribution in [-0.4, -0.2) is 17.7 Å². The van der Waals surface area contributed by atoms with Gasteiger partial charge in [0.25, 0.3) is 0 Å². The minimum atomic E-state index is -0.525. The fraction of sp³-hybridized carbons (Fsp3) is 0.188. The van der Waals surface area contributed by atoms with Crippen molar-refractivity contribution in [1.29, 1.82) is 0 Å². The third kappa shape index (κ3) is 2.94. The molecule has 1 atom stereocenters. The average molecular weight is 302 g/mol. The van der Waals surface area contributed by atoms with E-state index >= 15 is 0 Å². The van der Waals surface area contributed by atoms with Crippen LogP contribution in [0.1, 0.15) is 5.56 Å². The number of nitrogens with zero attached hydrogens (tertiary/aromatic N) is 1. The van der Waals surface area contributed by atoms with Gasteiger partial charge in [0.05, 0.1) is 18.3 Å². The summed E-state index contributed by atoms with van der Waals surface area (Å²) < 4.78 is 13.0. The molecule has 0 aromatic heterocycles. The van der Waals surface area contributed by atoms with Crippen molar-refractivity contribution in [3.8, 4) is 0 Å². The van der Waals surface area contributed by atoms with Gasteiger partial charge >= 0.3 is 0 Å². The monoisotopic (exact) mass is 302 g/mol. The summed E-state index contributed by atoms with van der Waals surface area (Å²) in [5.41, 5.74) is 7.69. The highest BCUT2D eigenvalue weighted by Crippen LogP contribution is 2.34. The number of nitrogens with two attached hydrogens (primary N) is 1. The Morgan fingerprint density at radius 2 is 1.90 bits per heavy atom. The summed E-state index contributed by atoms with van der Waals surface area (Å²) in [5.74, 6) is 0.181. The molecule has 2 aromatic carbocycles. The molecule has 5 heteroatoms. The van der Waals surface area contributed by atoms with Crippen molar-refractivity contribution in [2.75, 3.05) is 10.7 Å². The van der Waals surface area contributed by atoms with Crippen LogP contribution in [0.25, 0.3) is 0 Å². The van der Waals surface area contributed by atoms with Crippen molar-refractivity contribution in [3.05, 3.63) is 59.9 Å². The van der Waals surface area contributed by atoms with Crippen molar-refractivity contribution < 1.29 is 9.18 Å². The number of amides is 1. The minimum Gasteiger partial charge on any atom is -0.319 e. The first-order chi connectivity index (χ1) is 10.1. The molecule has 2 N–H and O–H groups in total. The van der Waals surface area contributed by atoms with E-state index in [0.717, 1.165) is 16.1 Å². The number of anilines is 1. The Morgan fingerprint density at radius 1 is 1.19 bits per heavy atom. The zero-order valence-electron chi connectivity index (χ0n) is 11.3. The highest BCUT2D eigenvalue weighted by atomic mass is 32.2. The van der Waals surface area contributed by atoms with Gasteiger partial charge in [-0.3, -0.25) is 4.79 Å². The van der Waals surface area contributed by atoms with Gasteiger partial charge in [-0.05, 0) is 29.8 Å². The largest absolute Gasteiger partial charge is 0.319 e. The summed E-state index contributed by atoms with van der Waals surface area (Å²) in [4.78, 5) is 15.2. The first-order valence-electron chi connectivity index (χ1n) is 6.68. The zero-order chi connectivity index (χ0) is 14.8. The number of para-hydroxylation sites is 1. The second kappa shape index (κ2) is 5.87. The number of benzene rings is 2. The first-order valence-corrected chi connectivity index (χ1v) is 7.67. The van der Waals surface area contributed by atoms with Crippen LogP contribution in [0.2, 0.25) is 0 Å².